The monoisotopic (exact) mass is 158 g/mol. The zero-order chi connectivity index (χ0) is 8.91. The Morgan fingerprint density at radius 1 is 1.64 bits per heavy atom. The van der Waals surface area contributed by atoms with Crippen molar-refractivity contribution in [3.05, 3.63) is 0 Å². The zero-order valence-electron chi connectivity index (χ0n) is 7.61. The third-order valence-electron chi connectivity index (χ3n) is 2.13. The Bertz CT molecular complexity index is 136. The maximum atomic E-state index is 10.9. The number of rotatable bonds is 5. The zero-order valence-corrected chi connectivity index (χ0v) is 7.61. The number of primary amides is 1. The number of nitrogens with two attached hydrogens (primary N) is 1. The largest absolute Gasteiger partial charge is 0.368 e. The van der Waals surface area contributed by atoms with Gasteiger partial charge in [0, 0.05) is 0 Å². The van der Waals surface area contributed by atoms with Crippen LogP contribution in [0.25, 0.3) is 0 Å². The molecule has 0 bridgehead atoms. The summed E-state index contributed by atoms with van der Waals surface area (Å²) in [5, 5.41) is 2.94. The van der Waals surface area contributed by atoms with Gasteiger partial charge in [-0.2, -0.15) is 0 Å². The van der Waals surface area contributed by atoms with E-state index in [1.165, 1.54) is 0 Å². The molecule has 0 saturated carbocycles. The third-order valence-corrected chi connectivity index (χ3v) is 2.13. The second kappa shape index (κ2) is 4.34. The minimum absolute atomic E-state index is 0.270. The fourth-order valence-electron chi connectivity index (χ4n) is 0.902. The molecule has 1 atom stereocenters. The predicted molar refractivity (Wildman–Crippen MR) is 46.2 cm³/mol. The molecule has 11 heavy (non-hydrogen) atoms. The van der Waals surface area contributed by atoms with E-state index in [2.05, 4.69) is 12.2 Å². The van der Waals surface area contributed by atoms with Crippen molar-refractivity contribution in [3.8, 4) is 0 Å². The molecule has 3 N–H and O–H groups in total. The first-order valence-electron chi connectivity index (χ1n) is 4.05. The van der Waals surface area contributed by atoms with Crippen molar-refractivity contribution in [2.75, 3.05) is 7.05 Å². The number of unbranched alkanes of at least 4 members (excludes halogenated alkanes) is 1. The summed E-state index contributed by atoms with van der Waals surface area (Å²) in [5.41, 5.74) is 4.70. The average Bonchev–Trinajstić information content (AvgIpc) is 2.00. The van der Waals surface area contributed by atoms with Crippen LogP contribution in [0.4, 0.5) is 0 Å². The van der Waals surface area contributed by atoms with E-state index >= 15 is 0 Å². The van der Waals surface area contributed by atoms with Gasteiger partial charge in [-0.1, -0.05) is 19.8 Å². The van der Waals surface area contributed by atoms with Crippen molar-refractivity contribution >= 4 is 5.91 Å². The topological polar surface area (TPSA) is 55.1 Å². The van der Waals surface area contributed by atoms with Crippen LogP contribution in [0.5, 0.6) is 0 Å². The molecular formula is C8H18N2O. The first kappa shape index (κ1) is 10.4. The van der Waals surface area contributed by atoms with E-state index in [1.54, 1.807) is 7.05 Å². The molecule has 0 aliphatic rings. The predicted octanol–water partition coefficient (Wildman–Crippen LogP) is 0.640. The van der Waals surface area contributed by atoms with E-state index in [4.69, 9.17) is 5.73 Å². The molecule has 0 saturated heterocycles. The SMILES string of the molecule is CCCCC(C)(NC)C(N)=O. The molecule has 0 fully saturated rings. The number of carbonyl (C=O) groups excluding carboxylic acids is 1. The summed E-state index contributed by atoms with van der Waals surface area (Å²) in [6.45, 7) is 3.93. The Morgan fingerprint density at radius 3 is 2.45 bits per heavy atom. The standard InChI is InChI=1S/C8H18N2O/c1-4-5-6-8(2,10-3)7(9)11/h10H,4-6H2,1-3H3,(H2,9,11). The molecule has 1 unspecified atom stereocenters. The molecule has 3 heteroatoms. The summed E-state index contributed by atoms with van der Waals surface area (Å²) in [7, 11) is 1.76. The van der Waals surface area contributed by atoms with Gasteiger partial charge in [0.25, 0.3) is 0 Å². The Kier molecular flexibility index (Phi) is 4.11. The number of carbonyl (C=O) groups is 1. The number of hydrogen-bond acceptors (Lipinski definition) is 2. The van der Waals surface area contributed by atoms with E-state index < -0.39 is 5.54 Å². The van der Waals surface area contributed by atoms with E-state index in [0.29, 0.717) is 0 Å². The van der Waals surface area contributed by atoms with Crippen LogP contribution in [0.1, 0.15) is 33.1 Å². The van der Waals surface area contributed by atoms with Gasteiger partial charge >= 0.3 is 0 Å². The number of likely N-dealkylation sites (N-methyl/N-ethyl adjacent to an activating group) is 1. The van der Waals surface area contributed by atoms with Crippen LogP contribution >= 0.6 is 0 Å². The van der Waals surface area contributed by atoms with Crippen LogP contribution in [-0.4, -0.2) is 18.5 Å². The molecule has 66 valence electrons. The third kappa shape index (κ3) is 2.89. The smallest absolute Gasteiger partial charge is 0.237 e. The minimum atomic E-state index is -0.518. The van der Waals surface area contributed by atoms with E-state index in [9.17, 15) is 4.79 Å². The molecule has 0 heterocycles. The summed E-state index contributed by atoms with van der Waals surface area (Å²) in [6, 6.07) is 0. The molecule has 0 rings (SSSR count). The van der Waals surface area contributed by atoms with Gasteiger partial charge in [-0.15, -0.1) is 0 Å². The fourth-order valence-corrected chi connectivity index (χ4v) is 0.902. The number of hydrogen-bond donors (Lipinski definition) is 2. The van der Waals surface area contributed by atoms with Crippen LogP contribution in [0.15, 0.2) is 0 Å². The van der Waals surface area contributed by atoms with Gasteiger partial charge in [-0.05, 0) is 20.4 Å². The first-order valence-corrected chi connectivity index (χ1v) is 4.05. The molecule has 0 aliphatic heterocycles. The van der Waals surface area contributed by atoms with E-state index in [0.717, 1.165) is 19.3 Å². The Hall–Kier alpha value is -0.570. The molecule has 3 nitrogen and oxygen atoms in total. The second-order valence-corrected chi connectivity index (χ2v) is 3.05. The quantitative estimate of drug-likeness (QED) is 0.617. The summed E-state index contributed by atoms with van der Waals surface area (Å²) in [4.78, 5) is 10.9. The van der Waals surface area contributed by atoms with Gasteiger partial charge in [0.15, 0.2) is 0 Å². The molecule has 1 amide bonds. The molecule has 0 aliphatic carbocycles. The van der Waals surface area contributed by atoms with Gasteiger partial charge in [-0.3, -0.25) is 4.79 Å². The van der Waals surface area contributed by atoms with Crippen molar-refractivity contribution in [3.63, 3.8) is 0 Å². The summed E-state index contributed by atoms with van der Waals surface area (Å²) < 4.78 is 0. The van der Waals surface area contributed by atoms with E-state index in [-0.39, 0.29) is 5.91 Å². The first-order chi connectivity index (χ1) is 5.06. The average molecular weight is 158 g/mol. The molecule has 0 spiro atoms. The van der Waals surface area contributed by atoms with Crippen molar-refractivity contribution in [2.24, 2.45) is 5.73 Å². The lowest BCUT2D eigenvalue weighted by atomic mass is 9.94. The van der Waals surface area contributed by atoms with E-state index in [1.807, 2.05) is 6.92 Å². The lowest BCUT2D eigenvalue weighted by Crippen LogP contribution is -2.51. The van der Waals surface area contributed by atoms with Crippen LogP contribution in [0.2, 0.25) is 0 Å². The van der Waals surface area contributed by atoms with Crippen LogP contribution in [0, 0.1) is 0 Å². The lowest BCUT2D eigenvalue weighted by Gasteiger charge is -2.24. The summed E-state index contributed by atoms with van der Waals surface area (Å²) >= 11 is 0. The molecule has 0 aromatic heterocycles. The molecule has 0 aromatic carbocycles. The minimum Gasteiger partial charge on any atom is -0.368 e. The van der Waals surface area contributed by atoms with Gasteiger partial charge in [0.1, 0.15) is 0 Å². The highest BCUT2D eigenvalue weighted by Crippen LogP contribution is 2.11. The van der Waals surface area contributed by atoms with Gasteiger partial charge in [0.2, 0.25) is 5.91 Å². The lowest BCUT2D eigenvalue weighted by molar-refractivity contribution is -0.123. The Balaban J connectivity index is 3.99. The van der Waals surface area contributed by atoms with Gasteiger partial charge in [0.05, 0.1) is 5.54 Å². The highest BCUT2D eigenvalue weighted by Gasteiger charge is 2.27. The molecular weight excluding hydrogens is 140 g/mol. The van der Waals surface area contributed by atoms with Gasteiger partial charge < -0.3 is 11.1 Å². The normalized spacial score (nSPS) is 15.9. The molecule has 0 aromatic rings. The van der Waals surface area contributed by atoms with Crippen molar-refractivity contribution in [2.45, 2.75) is 38.6 Å². The Morgan fingerprint density at radius 2 is 2.18 bits per heavy atom. The van der Waals surface area contributed by atoms with Crippen molar-refractivity contribution in [1.82, 2.24) is 5.32 Å². The van der Waals surface area contributed by atoms with Gasteiger partial charge in [-0.25, -0.2) is 0 Å². The highest BCUT2D eigenvalue weighted by molar-refractivity contribution is 5.84. The highest BCUT2D eigenvalue weighted by atomic mass is 16.1. The fraction of sp³-hybridized carbons (Fsp3) is 0.875. The van der Waals surface area contributed by atoms with Crippen molar-refractivity contribution < 1.29 is 4.79 Å². The van der Waals surface area contributed by atoms with Crippen LogP contribution < -0.4 is 11.1 Å². The summed E-state index contributed by atoms with van der Waals surface area (Å²) in [6.07, 6.45) is 2.93. The number of amides is 1. The van der Waals surface area contributed by atoms with Crippen LogP contribution in [0.3, 0.4) is 0 Å². The molecule has 0 radical (unpaired) electrons. The number of nitrogens with one attached hydrogen (secondary N) is 1. The summed E-state index contributed by atoms with van der Waals surface area (Å²) in [5.74, 6) is -0.270. The Labute approximate surface area is 68.3 Å². The maximum absolute atomic E-state index is 10.9. The second-order valence-electron chi connectivity index (χ2n) is 3.05. The van der Waals surface area contributed by atoms with Crippen molar-refractivity contribution in [1.29, 1.82) is 0 Å². The van der Waals surface area contributed by atoms with Crippen LogP contribution in [-0.2, 0) is 4.79 Å². The maximum Gasteiger partial charge on any atom is 0.237 e.